The fourth-order valence-electron chi connectivity index (χ4n) is 2.59. The molecule has 0 spiro atoms. The quantitative estimate of drug-likeness (QED) is 0.188. The molecule has 0 bridgehead atoms. The van der Waals surface area contributed by atoms with Gasteiger partial charge in [-0.05, 0) is 42.8 Å². The maximum absolute atomic E-state index is 12.3. The molecular weight excluding hydrogens is 418 g/mol. The molecule has 0 aliphatic carbocycles. The number of nitrogens with zero attached hydrogens (tertiary/aromatic N) is 4. The predicted molar refractivity (Wildman–Crippen MR) is 114 cm³/mol. The second-order valence-corrected chi connectivity index (χ2v) is 6.61. The minimum atomic E-state index is -0.603. The number of nitrogens with one attached hydrogen (secondary N) is 1. The van der Waals surface area contributed by atoms with Crippen LogP contribution in [-0.2, 0) is 11.3 Å². The summed E-state index contributed by atoms with van der Waals surface area (Å²) >= 11 is 0. The Morgan fingerprint density at radius 2 is 1.97 bits per heavy atom. The number of hydrogen-bond acceptors (Lipinski definition) is 8. The molecule has 0 radical (unpaired) electrons. The van der Waals surface area contributed by atoms with Gasteiger partial charge in [0, 0.05) is 0 Å². The van der Waals surface area contributed by atoms with Crippen LogP contribution < -0.4 is 14.9 Å². The van der Waals surface area contributed by atoms with Crippen molar-refractivity contribution in [3.8, 4) is 11.5 Å². The van der Waals surface area contributed by atoms with Crippen LogP contribution in [0.4, 0.5) is 5.69 Å². The summed E-state index contributed by atoms with van der Waals surface area (Å²) in [6.45, 7) is 1.69. The first-order valence-electron chi connectivity index (χ1n) is 9.31. The van der Waals surface area contributed by atoms with Crippen molar-refractivity contribution in [1.82, 2.24) is 15.2 Å². The first-order valence-corrected chi connectivity index (χ1v) is 9.31. The van der Waals surface area contributed by atoms with E-state index in [2.05, 4.69) is 15.6 Å². The van der Waals surface area contributed by atoms with Crippen molar-refractivity contribution in [3.63, 3.8) is 0 Å². The Bertz CT molecular complexity index is 1170. The molecule has 1 heterocycles. The number of esters is 1. The van der Waals surface area contributed by atoms with Gasteiger partial charge in [-0.25, -0.2) is 10.2 Å². The molecule has 1 amide bonds. The van der Waals surface area contributed by atoms with Crippen LogP contribution in [0.25, 0.3) is 0 Å². The molecule has 3 aromatic rings. The van der Waals surface area contributed by atoms with E-state index in [4.69, 9.17) is 9.47 Å². The van der Waals surface area contributed by atoms with E-state index < -0.39 is 16.8 Å². The van der Waals surface area contributed by atoms with E-state index in [1.54, 1.807) is 30.3 Å². The van der Waals surface area contributed by atoms with E-state index in [0.29, 0.717) is 16.9 Å². The smallest absolute Gasteiger partial charge is 0.343 e. The average molecular weight is 437 g/mol. The number of hydrazone groups is 1. The van der Waals surface area contributed by atoms with Crippen LogP contribution in [0.15, 0.2) is 60.0 Å². The number of aryl methyl sites for hydroxylation is 1. The Balaban J connectivity index is 1.60. The lowest BCUT2D eigenvalue weighted by Gasteiger charge is -2.10. The minimum absolute atomic E-state index is 0.212. The number of nitro groups is 1. The number of benzene rings is 2. The predicted octanol–water partition coefficient (Wildman–Crippen LogP) is 2.48. The van der Waals surface area contributed by atoms with Gasteiger partial charge in [0.1, 0.15) is 18.9 Å². The molecule has 0 fully saturated rings. The molecule has 11 heteroatoms. The third kappa shape index (κ3) is 5.75. The summed E-state index contributed by atoms with van der Waals surface area (Å²) in [6.07, 6.45) is 3.57. The molecule has 1 N–H and O–H groups in total. The number of aromatic nitrogens is 2. The number of amides is 1. The first kappa shape index (κ1) is 22.2. The van der Waals surface area contributed by atoms with Gasteiger partial charge in [-0.1, -0.05) is 17.7 Å². The van der Waals surface area contributed by atoms with Gasteiger partial charge in [0.25, 0.3) is 5.91 Å². The summed E-state index contributed by atoms with van der Waals surface area (Å²) in [4.78, 5) is 34.3. The van der Waals surface area contributed by atoms with Gasteiger partial charge >= 0.3 is 11.7 Å². The van der Waals surface area contributed by atoms with Crippen molar-refractivity contribution >= 4 is 23.8 Å². The second kappa shape index (κ2) is 9.98. The third-order valence-electron chi connectivity index (χ3n) is 4.22. The zero-order valence-electron chi connectivity index (χ0n) is 17.2. The number of carbonyl (C=O) groups is 2. The zero-order valence-corrected chi connectivity index (χ0v) is 17.2. The molecule has 1 aromatic heterocycles. The van der Waals surface area contributed by atoms with E-state index in [0.717, 1.165) is 22.6 Å². The lowest BCUT2D eigenvalue weighted by Crippen LogP contribution is -2.23. The summed E-state index contributed by atoms with van der Waals surface area (Å²) in [5.74, 6) is -0.491. The average Bonchev–Trinajstić information content (AvgIpc) is 3.23. The van der Waals surface area contributed by atoms with Crippen molar-refractivity contribution in [3.05, 3.63) is 81.7 Å². The standard InChI is InChI=1S/C21H19N5O6/c1-14-3-6-16(7-4-14)21(28)32-18-8-5-15(9-19(18)31-2)10-22-24-20(27)13-25-12-17(11-23-25)26(29)30/h3-12H,13H2,1-2H3,(H,24,27)/b22-10+. The Labute approximate surface area is 182 Å². The van der Waals surface area contributed by atoms with Gasteiger partial charge in [-0.2, -0.15) is 10.2 Å². The van der Waals surface area contributed by atoms with E-state index in [-0.39, 0.29) is 18.0 Å². The number of ether oxygens (including phenoxy) is 2. The van der Waals surface area contributed by atoms with Crippen molar-refractivity contribution in [2.45, 2.75) is 13.5 Å². The van der Waals surface area contributed by atoms with E-state index >= 15 is 0 Å². The molecule has 32 heavy (non-hydrogen) atoms. The number of rotatable bonds is 8. The van der Waals surface area contributed by atoms with E-state index in [9.17, 15) is 19.7 Å². The molecule has 0 unspecified atom stereocenters. The molecule has 164 valence electrons. The minimum Gasteiger partial charge on any atom is -0.493 e. The summed E-state index contributed by atoms with van der Waals surface area (Å²) in [7, 11) is 1.44. The lowest BCUT2D eigenvalue weighted by molar-refractivity contribution is -0.385. The van der Waals surface area contributed by atoms with Crippen LogP contribution in [0.5, 0.6) is 11.5 Å². The van der Waals surface area contributed by atoms with Gasteiger partial charge in [-0.3, -0.25) is 19.6 Å². The highest BCUT2D eigenvalue weighted by atomic mass is 16.6. The molecule has 0 atom stereocenters. The number of methoxy groups -OCH3 is 1. The maximum Gasteiger partial charge on any atom is 0.343 e. The monoisotopic (exact) mass is 437 g/mol. The fraction of sp³-hybridized carbons (Fsp3) is 0.143. The van der Waals surface area contributed by atoms with Gasteiger partial charge < -0.3 is 9.47 Å². The fourth-order valence-corrected chi connectivity index (χ4v) is 2.59. The van der Waals surface area contributed by atoms with Crippen LogP contribution >= 0.6 is 0 Å². The number of carbonyl (C=O) groups excluding carboxylic acids is 2. The van der Waals surface area contributed by atoms with E-state index in [1.165, 1.54) is 13.3 Å². The van der Waals surface area contributed by atoms with Crippen molar-refractivity contribution in [1.29, 1.82) is 0 Å². The van der Waals surface area contributed by atoms with Crippen LogP contribution in [0.1, 0.15) is 21.5 Å². The summed E-state index contributed by atoms with van der Waals surface area (Å²) < 4.78 is 11.8. The normalized spacial score (nSPS) is 10.7. The first-order chi connectivity index (χ1) is 15.4. The van der Waals surface area contributed by atoms with Gasteiger partial charge in [0.2, 0.25) is 0 Å². The molecular formula is C21H19N5O6. The summed E-state index contributed by atoms with van der Waals surface area (Å²) in [5, 5.41) is 18.2. The molecule has 11 nitrogen and oxygen atoms in total. The van der Waals surface area contributed by atoms with Crippen LogP contribution in [0, 0.1) is 17.0 Å². The van der Waals surface area contributed by atoms with Crippen LogP contribution in [0.2, 0.25) is 0 Å². The Morgan fingerprint density at radius 3 is 2.62 bits per heavy atom. The third-order valence-corrected chi connectivity index (χ3v) is 4.22. The van der Waals surface area contributed by atoms with Crippen molar-refractivity contribution in [2.24, 2.45) is 5.10 Å². The highest BCUT2D eigenvalue weighted by Crippen LogP contribution is 2.28. The van der Waals surface area contributed by atoms with Crippen LogP contribution in [0.3, 0.4) is 0 Å². The van der Waals surface area contributed by atoms with E-state index in [1.807, 2.05) is 19.1 Å². The molecule has 0 aliphatic heterocycles. The highest BCUT2D eigenvalue weighted by Gasteiger charge is 2.13. The highest BCUT2D eigenvalue weighted by molar-refractivity contribution is 5.91. The van der Waals surface area contributed by atoms with Gasteiger partial charge in [0.15, 0.2) is 11.5 Å². The Kier molecular flexibility index (Phi) is 6.91. The maximum atomic E-state index is 12.3. The second-order valence-electron chi connectivity index (χ2n) is 6.61. The summed E-state index contributed by atoms with van der Waals surface area (Å²) in [6, 6.07) is 11.8. The molecule has 0 aliphatic rings. The van der Waals surface area contributed by atoms with Gasteiger partial charge in [0.05, 0.1) is 23.8 Å². The van der Waals surface area contributed by atoms with Gasteiger partial charge in [-0.15, -0.1) is 0 Å². The lowest BCUT2D eigenvalue weighted by atomic mass is 10.1. The molecule has 3 rings (SSSR count). The SMILES string of the molecule is COc1cc(/C=N/NC(=O)Cn2cc([N+](=O)[O-])cn2)ccc1OC(=O)c1ccc(C)cc1. The molecule has 2 aromatic carbocycles. The Morgan fingerprint density at radius 1 is 1.22 bits per heavy atom. The topological polar surface area (TPSA) is 138 Å². The summed E-state index contributed by atoms with van der Waals surface area (Å²) in [5.41, 5.74) is 4.11. The van der Waals surface area contributed by atoms with Crippen molar-refractivity contribution < 1.29 is 24.0 Å². The Hall–Kier alpha value is -4.54. The largest absolute Gasteiger partial charge is 0.493 e. The van der Waals surface area contributed by atoms with Crippen LogP contribution in [-0.4, -0.2) is 39.9 Å². The zero-order chi connectivity index (χ0) is 23.1. The molecule has 0 saturated heterocycles. The van der Waals surface area contributed by atoms with Crippen molar-refractivity contribution in [2.75, 3.05) is 7.11 Å². The number of hydrogen-bond donors (Lipinski definition) is 1. The molecule has 0 saturated carbocycles.